The summed E-state index contributed by atoms with van der Waals surface area (Å²) in [7, 11) is 1.67. The number of ether oxygens (including phenoxy) is 2. The molecule has 0 fully saturated rings. The fraction of sp³-hybridized carbons (Fsp3) is 0.562. The van der Waals surface area contributed by atoms with Gasteiger partial charge in [0.1, 0.15) is 24.1 Å². The largest absolute Gasteiger partial charge is 0.497 e. The molecule has 3 rings (SSSR count). The summed E-state index contributed by atoms with van der Waals surface area (Å²) in [5, 5.41) is 9.83. The molecule has 0 unspecified atom stereocenters. The van der Waals surface area contributed by atoms with Crippen molar-refractivity contribution in [2.75, 3.05) is 26.8 Å². The fourth-order valence-corrected chi connectivity index (χ4v) is 5.20. The van der Waals surface area contributed by atoms with E-state index in [0.717, 1.165) is 55.6 Å². The summed E-state index contributed by atoms with van der Waals surface area (Å²) in [6.07, 6.45) is 5.47. The second-order valence-electron chi connectivity index (χ2n) is 10.8. The highest BCUT2D eigenvalue weighted by molar-refractivity contribution is 5.88. The van der Waals surface area contributed by atoms with E-state index in [2.05, 4.69) is 48.0 Å². The third kappa shape index (κ3) is 9.88. The minimum Gasteiger partial charge on any atom is -0.497 e. The van der Waals surface area contributed by atoms with Gasteiger partial charge in [0.15, 0.2) is 0 Å². The average Bonchev–Trinajstić information content (AvgIpc) is 2.93. The maximum atomic E-state index is 13.4. The van der Waals surface area contributed by atoms with E-state index in [9.17, 15) is 9.59 Å². The van der Waals surface area contributed by atoms with Crippen LogP contribution < -0.4 is 25.4 Å². The van der Waals surface area contributed by atoms with Crippen LogP contribution in [0.1, 0.15) is 64.0 Å². The van der Waals surface area contributed by atoms with Gasteiger partial charge in [-0.05, 0) is 73.8 Å². The van der Waals surface area contributed by atoms with Crippen LogP contribution in [0.15, 0.2) is 48.5 Å². The van der Waals surface area contributed by atoms with Crippen molar-refractivity contribution in [3.8, 4) is 11.5 Å². The monoisotopic (exact) mass is 537 g/mol. The van der Waals surface area contributed by atoms with Crippen LogP contribution in [-0.4, -0.2) is 50.7 Å². The van der Waals surface area contributed by atoms with Crippen molar-refractivity contribution in [2.24, 2.45) is 11.8 Å². The molecule has 2 aromatic carbocycles. The van der Waals surface area contributed by atoms with Crippen LogP contribution in [-0.2, 0) is 22.4 Å². The minimum absolute atomic E-state index is 0.0276. The number of benzene rings is 2. The Labute approximate surface area is 234 Å². The third-order valence-corrected chi connectivity index (χ3v) is 7.51. The Bertz CT molecular complexity index is 1020. The first-order valence-corrected chi connectivity index (χ1v) is 14.6. The second kappa shape index (κ2) is 16.1. The Morgan fingerprint density at radius 3 is 2.49 bits per heavy atom. The van der Waals surface area contributed by atoms with Crippen LogP contribution >= 0.6 is 0 Å². The molecule has 0 aliphatic carbocycles. The smallest absolute Gasteiger partial charge is 0.242 e. The predicted molar refractivity (Wildman–Crippen MR) is 156 cm³/mol. The molecule has 7 heteroatoms. The zero-order chi connectivity index (χ0) is 28.0. The van der Waals surface area contributed by atoms with Gasteiger partial charge >= 0.3 is 0 Å². The van der Waals surface area contributed by atoms with Crippen LogP contribution in [0.3, 0.4) is 0 Å². The minimum atomic E-state index is -0.508. The molecule has 2 aromatic rings. The summed E-state index contributed by atoms with van der Waals surface area (Å²) in [4.78, 5) is 26.4. The van der Waals surface area contributed by atoms with Gasteiger partial charge in [0.2, 0.25) is 11.8 Å². The zero-order valence-electron chi connectivity index (χ0n) is 24.1. The standard InChI is InChI=1S/C32H47N3O4/c1-5-9-29-32(37)34-19-8-11-25-10-6-7-12-30(25)39-21-20-33-26(15-18-28(23(2)3)31(36)35-29)22-24-13-16-27(38-4)17-14-24/h6-7,10,12-14,16-17,23,26,28-29,33H,5,8-9,11,15,18-22H2,1-4H3,(H,34,37)(H,35,36)/t26-,28+,29-/m0/s1. The number of amides is 2. The molecular weight excluding hydrogens is 490 g/mol. The van der Waals surface area contributed by atoms with Crippen molar-refractivity contribution in [3.63, 3.8) is 0 Å². The van der Waals surface area contributed by atoms with E-state index < -0.39 is 6.04 Å². The number of fused-ring (bicyclic) bond motifs is 1. The van der Waals surface area contributed by atoms with Crippen molar-refractivity contribution in [1.29, 1.82) is 0 Å². The number of para-hydroxylation sites is 1. The van der Waals surface area contributed by atoms with Gasteiger partial charge in [-0.25, -0.2) is 0 Å². The molecule has 0 spiro atoms. The summed E-state index contributed by atoms with van der Waals surface area (Å²) >= 11 is 0. The normalized spacial score (nSPS) is 22.0. The number of carbonyl (C=O) groups is 2. The first-order valence-electron chi connectivity index (χ1n) is 14.6. The van der Waals surface area contributed by atoms with Gasteiger partial charge in [0.25, 0.3) is 0 Å². The van der Waals surface area contributed by atoms with Gasteiger partial charge in [0.05, 0.1) is 7.11 Å². The lowest BCUT2D eigenvalue weighted by molar-refractivity contribution is -0.132. The molecule has 214 valence electrons. The summed E-state index contributed by atoms with van der Waals surface area (Å²) in [6.45, 7) is 8.04. The maximum Gasteiger partial charge on any atom is 0.242 e. The molecule has 1 heterocycles. The summed E-state index contributed by atoms with van der Waals surface area (Å²) in [5.74, 6) is 1.61. The van der Waals surface area contributed by atoms with Crippen molar-refractivity contribution >= 4 is 11.8 Å². The van der Waals surface area contributed by atoms with Crippen LogP contribution in [0, 0.1) is 11.8 Å². The molecule has 0 saturated heterocycles. The topological polar surface area (TPSA) is 88.7 Å². The van der Waals surface area contributed by atoms with Crippen LogP contribution in [0.5, 0.6) is 11.5 Å². The lowest BCUT2D eigenvalue weighted by atomic mass is 9.87. The van der Waals surface area contributed by atoms with Gasteiger partial charge < -0.3 is 25.4 Å². The highest BCUT2D eigenvalue weighted by Gasteiger charge is 2.28. The predicted octanol–water partition coefficient (Wildman–Crippen LogP) is 4.67. The van der Waals surface area contributed by atoms with E-state index >= 15 is 0 Å². The molecule has 2 amide bonds. The van der Waals surface area contributed by atoms with E-state index in [0.29, 0.717) is 26.1 Å². The van der Waals surface area contributed by atoms with Crippen molar-refractivity contribution in [3.05, 3.63) is 59.7 Å². The number of rotatable bonds is 6. The first kappa shape index (κ1) is 30.5. The lowest BCUT2D eigenvalue weighted by Gasteiger charge is -2.27. The van der Waals surface area contributed by atoms with E-state index in [4.69, 9.17) is 9.47 Å². The number of hydrogen-bond acceptors (Lipinski definition) is 5. The van der Waals surface area contributed by atoms with Crippen LogP contribution in [0.4, 0.5) is 0 Å². The van der Waals surface area contributed by atoms with Crippen LogP contribution in [0.25, 0.3) is 0 Å². The molecule has 7 nitrogen and oxygen atoms in total. The molecule has 0 radical (unpaired) electrons. The summed E-state index contributed by atoms with van der Waals surface area (Å²) < 4.78 is 11.5. The molecular formula is C32H47N3O4. The van der Waals surface area contributed by atoms with Gasteiger partial charge in [-0.3, -0.25) is 9.59 Å². The Kier molecular flexibility index (Phi) is 12.6. The molecule has 39 heavy (non-hydrogen) atoms. The summed E-state index contributed by atoms with van der Waals surface area (Å²) in [6, 6.07) is 16.0. The highest BCUT2D eigenvalue weighted by atomic mass is 16.5. The molecule has 3 N–H and O–H groups in total. The van der Waals surface area contributed by atoms with E-state index in [1.165, 1.54) is 5.56 Å². The molecule has 0 aromatic heterocycles. The molecule has 0 saturated carbocycles. The van der Waals surface area contributed by atoms with Gasteiger partial charge in [0, 0.05) is 25.0 Å². The lowest BCUT2D eigenvalue weighted by Crippen LogP contribution is -2.49. The van der Waals surface area contributed by atoms with E-state index in [-0.39, 0.29) is 29.7 Å². The molecule has 1 aliphatic rings. The Morgan fingerprint density at radius 1 is 1.00 bits per heavy atom. The zero-order valence-corrected chi connectivity index (χ0v) is 24.1. The number of hydrogen-bond donors (Lipinski definition) is 3. The SMILES string of the molecule is CCC[C@@H]1NC(=O)[C@@H](C(C)C)CC[C@@H](Cc2ccc(OC)cc2)NCCOc2ccccc2CCCNC1=O. The Hall–Kier alpha value is -3.06. The molecule has 1 aliphatic heterocycles. The third-order valence-electron chi connectivity index (χ3n) is 7.51. The van der Waals surface area contributed by atoms with Crippen LogP contribution in [0.2, 0.25) is 0 Å². The van der Waals surface area contributed by atoms with Crippen molar-refractivity contribution in [2.45, 2.75) is 77.8 Å². The van der Waals surface area contributed by atoms with Gasteiger partial charge in [-0.15, -0.1) is 0 Å². The molecule has 3 atom stereocenters. The Morgan fingerprint density at radius 2 is 1.77 bits per heavy atom. The first-order chi connectivity index (χ1) is 18.9. The number of carbonyl (C=O) groups excluding carboxylic acids is 2. The Balaban J connectivity index is 1.79. The number of aryl methyl sites for hydroxylation is 1. The maximum absolute atomic E-state index is 13.4. The fourth-order valence-electron chi connectivity index (χ4n) is 5.20. The van der Waals surface area contributed by atoms with Crippen molar-refractivity contribution < 1.29 is 19.1 Å². The highest BCUT2D eigenvalue weighted by Crippen LogP contribution is 2.22. The van der Waals surface area contributed by atoms with Gasteiger partial charge in [-0.1, -0.05) is 57.5 Å². The number of nitrogens with one attached hydrogen (secondary N) is 3. The quantitative estimate of drug-likeness (QED) is 0.498. The molecule has 0 bridgehead atoms. The van der Waals surface area contributed by atoms with E-state index in [1.54, 1.807) is 7.11 Å². The van der Waals surface area contributed by atoms with Gasteiger partial charge in [-0.2, -0.15) is 0 Å². The van der Waals surface area contributed by atoms with Crippen molar-refractivity contribution in [1.82, 2.24) is 16.0 Å². The summed E-state index contributed by atoms with van der Waals surface area (Å²) in [5.41, 5.74) is 2.35. The average molecular weight is 538 g/mol. The number of methoxy groups -OCH3 is 1. The van der Waals surface area contributed by atoms with E-state index in [1.807, 2.05) is 37.3 Å². The second-order valence-corrected chi connectivity index (χ2v) is 10.8.